The smallest absolute Gasteiger partial charge is 0.411 e. The molecule has 1 aromatic heterocycles. The first kappa shape index (κ1) is 28.2. The van der Waals surface area contributed by atoms with E-state index < -0.39 is 23.2 Å². The lowest BCUT2D eigenvalue weighted by Crippen LogP contribution is -2.52. The number of nitrogens with one attached hydrogen (secondary N) is 1. The molecule has 1 aliphatic heterocycles. The van der Waals surface area contributed by atoms with Crippen molar-refractivity contribution in [2.24, 2.45) is 0 Å². The van der Waals surface area contributed by atoms with Gasteiger partial charge in [0.05, 0.1) is 11.1 Å². The van der Waals surface area contributed by atoms with Crippen molar-refractivity contribution >= 4 is 29.4 Å². The van der Waals surface area contributed by atoms with Crippen molar-refractivity contribution in [3.05, 3.63) is 47.5 Å². The fourth-order valence-electron chi connectivity index (χ4n) is 4.36. The lowest BCUT2D eigenvalue weighted by molar-refractivity contribution is -0.148. The molecule has 2 aromatic carbocycles. The quantitative estimate of drug-likeness (QED) is 0.354. The number of carboxylic acids is 1. The number of aromatic nitrogens is 2. The summed E-state index contributed by atoms with van der Waals surface area (Å²) >= 11 is 6.34. The molecule has 2 heterocycles. The maximum Gasteiger partial charge on any atom is 0.411 e. The van der Waals surface area contributed by atoms with Crippen LogP contribution in [0.25, 0.3) is 22.8 Å². The zero-order chi connectivity index (χ0) is 28.5. The molecule has 0 bridgehead atoms. The van der Waals surface area contributed by atoms with E-state index in [0.29, 0.717) is 33.6 Å². The summed E-state index contributed by atoms with van der Waals surface area (Å²) in [5, 5.41) is 17.7. The highest BCUT2D eigenvalue weighted by Gasteiger charge is 2.51. The van der Waals surface area contributed by atoms with Gasteiger partial charge in [0.25, 0.3) is 5.89 Å². The molecule has 0 aliphatic carbocycles. The summed E-state index contributed by atoms with van der Waals surface area (Å²) < 4.78 is 16.6. The number of amides is 1. The number of likely N-dealkylation sites (tertiary alicyclic amines) is 1. The van der Waals surface area contributed by atoms with Crippen LogP contribution in [0.5, 0.6) is 5.75 Å². The van der Waals surface area contributed by atoms with Crippen molar-refractivity contribution in [1.29, 1.82) is 0 Å². The first-order chi connectivity index (χ1) is 18.2. The van der Waals surface area contributed by atoms with E-state index in [1.54, 1.807) is 32.9 Å². The Balaban J connectivity index is 1.45. The van der Waals surface area contributed by atoms with Crippen LogP contribution >= 0.6 is 11.6 Å². The Morgan fingerprint density at radius 3 is 2.44 bits per heavy atom. The van der Waals surface area contributed by atoms with Crippen molar-refractivity contribution in [3.63, 3.8) is 0 Å². The molecule has 2 atom stereocenters. The topological polar surface area (TPSA) is 127 Å². The van der Waals surface area contributed by atoms with E-state index in [1.165, 1.54) is 11.8 Å². The summed E-state index contributed by atoms with van der Waals surface area (Å²) in [6.07, 6.45) is -0.427. The van der Waals surface area contributed by atoms with Crippen molar-refractivity contribution in [3.8, 4) is 28.6 Å². The Kier molecular flexibility index (Phi) is 7.79. The molecule has 1 aliphatic rings. The monoisotopic (exact) mass is 556 g/mol. The normalized spacial score (nSPS) is 19.3. The van der Waals surface area contributed by atoms with Gasteiger partial charge in [-0.1, -0.05) is 16.8 Å². The van der Waals surface area contributed by atoms with Crippen LogP contribution in [0.15, 0.2) is 47.0 Å². The van der Waals surface area contributed by atoms with Crippen molar-refractivity contribution in [2.45, 2.75) is 71.2 Å². The Labute approximate surface area is 232 Å². The molecule has 1 saturated heterocycles. The maximum atomic E-state index is 12.7. The molecule has 39 heavy (non-hydrogen) atoms. The number of carboxylic acid groups (broad SMARTS) is 1. The van der Waals surface area contributed by atoms with Crippen LogP contribution in [0, 0.1) is 0 Å². The molecule has 2 N–H and O–H groups in total. The second-order valence-electron chi connectivity index (χ2n) is 11.0. The van der Waals surface area contributed by atoms with E-state index in [2.05, 4.69) is 15.5 Å². The number of carbonyl (C=O) groups is 2. The van der Waals surface area contributed by atoms with Gasteiger partial charge in [0.1, 0.15) is 16.9 Å². The van der Waals surface area contributed by atoms with Crippen LogP contribution in [-0.4, -0.2) is 62.0 Å². The van der Waals surface area contributed by atoms with Gasteiger partial charge in [0.15, 0.2) is 0 Å². The number of hydrogen-bond acceptors (Lipinski definition) is 8. The Bertz CT molecular complexity index is 1350. The van der Waals surface area contributed by atoms with Gasteiger partial charge in [-0.25, -0.2) is 9.59 Å². The van der Waals surface area contributed by atoms with Crippen LogP contribution < -0.4 is 10.1 Å². The number of ether oxygens (including phenoxy) is 2. The third-order valence-electron chi connectivity index (χ3n) is 6.20. The van der Waals surface area contributed by atoms with Crippen LogP contribution in [-0.2, 0) is 9.53 Å². The second kappa shape index (κ2) is 10.8. The minimum atomic E-state index is -1.39. The standard InChI is InChI=1S/C28H33ClN4O6/c1-16(2)37-22-12-9-18(13-21(22)29)23-31-24(39-32-23)17-7-10-19(11-8-17)30-20-14-28(6,25(34)35)33(15-20)26(36)38-27(3,4)5/h7-13,16,20,30H,14-15H2,1-6H3,(H,34,35)/t20-,28-/m1/s1. The minimum Gasteiger partial charge on any atom is -0.489 e. The SMILES string of the molecule is CC(C)Oc1ccc(-c2noc(-c3ccc(N[C@H]4CN(C(=O)OC(C)(C)C)[C@@](C)(C(=O)O)C4)cc3)n2)cc1Cl. The van der Waals surface area contributed by atoms with E-state index in [0.717, 1.165) is 5.69 Å². The molecule has 0 saturated carbocycles. The van der Waals surface area contributed by atoms with Crippen molar-refractivity contribution in [1.82, 2.24) is 15.0 Å². The molecule has 1 fully saturated rings. The first-order valence-corrected chi connectivity index (χ1v) is 13.0. The number of anilines is 1. The van der Waals surface area contributed by atoms with Gasteiger partial charge in [0.2, 0.25) is 5.82 Å². The highest BCUT2D eigenvalue weighted by Crippen LogP contribution is 2.34. The number of rotatable bonds is 7. The van der Waals surface area contributed by atoms with Crippen LogP contribution in [0.3, 0.4) is 0 Å². The zero-order valence-electron chi connectivity index (χ0n) is 22.8. The minimum absolute atomic E-state index is 0.00172. The predicted molar refractivity (Wildman–Crippen MR) is 147 cm³/mol. The van der Waals surface area contributed by atoms with Crippen LogP contribution in [0.4, 0.5) is 10.5 Å². The van der Waals surface area contributed by atoms with E-state index in [1.807, 2.05) is 44.2 Å². The number of carbonyl (C=O) groups excluding carboxylic acids is 1. The number of halogens is 1. The largest absolute Gasteiger partial charge is 0.489 e. The average molecular weight is 557 g/mol. The summed E-state index contributed by atoms with van der Waals surface area (Å²) in [5.74, 6) is 0.239. The van der Waals surface area contributed by atoms with Crippen LogP contribution in [0.2, 0.25) is 5.02 Å². The molecule has 0 radical (unpaired) electrons. The van der Waals surface area contributed by atoms with E-state index in [-0.39, 0.29) is 25.1 Å². The molecule has 3 aromatic rings. The number of aliphatic carboxylic acids is 1. The van der Waals surface area contributed by atoms with Crippen molar-refractivity contribution < 1.29 is 28.7 Å². The van der Waals surface area contributed by atoms with Gasteiger partial charge in [-0.05, 0) is 84.0 Å². The van der Waals surface area contributed by atoms with Gasteiger partial charge >= 0.3 is 12.1 Å². The summed E-state index contributed by atoms with van der Waals surface area (Å²) in [4.78, 5) is 30.6. The van der Waals surface area contributed by atoms with Gasteiger partial charge < -0.3 is 24.4 Å². The molecule has 4 rings (SSSR count). The third kappa shape index (κ3) is 6.44. The van der Waals surface area contributed by atoms with Crippen molar-refractivity contribution in [2.75, 3.05) is 11.9 Å². The van der Waals surface area contributed by atoms with Gasteiger partial charge in [-0.15, -0.1) is 0 Å². The molecule has 208 valence electrons. The second-order valence-corrected chi connectivity index (χ2v) is 11.4. The first-order valence-electron chi connectivity index (χ1n) is 12.7. The zero-order valence-corrected chi connectivity index (χ0v) is 23.6. The molecule has 10 nitrogen and oxygen atoms in total. The lowest BCUT2D eigenvalue weighted by Gasteiger charge is -2.32. The predicted octanol–water partition coefficient (Wildman–Crippen LogP) is 6.11. The van der Waals surface area contributed by atoms with Gasteiger partial charge in [-0.3, -0.25) is 4.90 Å². The Hall–Kier alpha value is -3.79. The van der Waals surface area contributed by atoms with Crippen LogP contribution in [0.1, 0.15) is 48.0 Å². The molecule has 1 amide bonds. The molecular weight excluding hydrogens is 524 g/mol. The fourth-order valence-corrected chi connectivity index (χ4v) is 4.59. The highest BCUT2D eigenvalue weighted by atomic mass is 35.5. The molecule has 0 spiro atoms. The average Bonchev–Trinajstić information content (AvgIpc) is 3.45. The number of nitrogens with zero attached hydrogens (tertiary/aromatic N) is 3. The highest BCUT2D eigenvalue weighted by molar-refractivity contribution is 6.32. The fraction of sp³-hybridized carbons (Fsp3) is 0.429. The van der Waals surface area contributed by atoms with Gasteiger partial charge in [-0.2, -0.15) is 4.98 Å². The summed E-state index contributed by atoms with van der Waals surface area (Å²) in [6, 6.07) is 12.4. The Morgan fingerprint density at radius 2 is 1.85 bits per heavy atom. The number of hydrogen-bond donors (Lipinski definition) is 2. The molecule has 11 heteroatoms. The Morgan fingerprint density at radius 1 is 1.18 bits per heavy atom. The van der Waals surface area contributed by atoms with Gasteiger partial charge in [0, 0.05) is 35.8 Å². The van der Waals surface area contributed by atoms with E-state index in [9.17, 15) is 14.7 Å². The third-order valence-corrected chi connectivity index (χ3v) is 6.49. The van der Waals surface area contributed by atoms with E-state index in [4.69, 9.17) is 25.6 Å². The summed E-state index contributed by atoms with van der Waals surface area (Å²) in [6.45, 7) is 10.8. The summed E-state index contributed by atoms with van der Waals surface area (Å²) in [5.41, 5.74) is 0.0469. The lowest BCUT2D eigenvalue weighted by atomic mass is 9.97. The molecule has 0 unspecified atom stereocenters. The maximum absolute atomic E-state index is 12.7. The molecular formula is C28H33ClN4O6. The summed E-state index contributed by atoms with van der Waals surface area (Å²) in [7, 11) is 0. The number of benzene rings is 2. The van der Waals surface area contributed by atoms with E-state index >= 15 is 0 Å².